The smallest absolute Gasteiger partial charge is 0.207 e. The summed E-state index contributed by atoms with van der Waals surface area (Å²) in [5, 5.41) is 0. The normalized spacial score (nSPS) is 14.3. The lowest BCUT2D eigenvalue weighted by Gasteiger charge is -2.18. The van der Waals surface area contributed by atoms with Crippen LogP contribution in [0, 0.1) is 20.8 Å². The van der Waals surface area contributed by atoms with E-state index >= 15 is 0 Å². The lowest BCUT2D eigenvalue weighted by atomic mass is 9.96. The predicted molar refractivity (Wildman–Crippen MR) is 105 cm³/mol. The molecule has 0 aliphatic carbocycles. The van der Waals surface area contributed by atoms with Crippen molar-refractivity contribution in [2.24, 2.45) is 0 Å². The summed E-state index contributed by atoms with van der Waals surface area (Å²) >= 11 is 0. The number of hydrogen-bond donors (Lipinski definition) is 1. The average molecular weight is 360 g/mol. The Balaban J connectivity index is 2.26. The number of aryl methyl sites for hydroxylation is 3. The van der Waals surface area contributed by atoms with Gasteiger partial charge in [0.2, 0.25) is 10.0 Å². The summed E-state index contributed by atoms with van der Waals surface area (Å²) in [6.07, 6.45) is 1.09. The summed E-state index contributed by atoms with van der Waals surface area (Å²) in [6, 6.07) is 11.8. The molecule has 2 atom stereocenters. The zero-order chi connectivity index (χ0) is 18.8. The first-order valence-electron chi connectivity index (χ1n) is 8.85. The van der Waals surface area contributed by atoms with Gasteiger partial charge < -0.3 is 0 Å². The van der Waals surface area contributed by atoms with E-state index in [2.05, 4.69) is 30.7 Å². The van der Waals surface area contributed by atoms with Gasteiger partial charge in [0, 0.05) is 6.04 Å². The lowest BCUT2D eigenvalue weighted by Crippen LogP contribution is -2.28. The van der Waals surface area contributed by atoms with Gasteiger partial charge >= 0.3 is 0 Å². The molecule has 0 saturated carbocycles. The minimum absolute atomic E-state index is 0.281. The summed E-state index contributed by atoms with van der Waals surface area (Å²) < 4.78 is 28.6. The summed E-state index contributed by atoms with van der Waals surface area (Å²) in [5.41, 5.74) is 4.89. The van der Waals surface area contributed by atoms with Crippen LogP contribution >= 0.6 is 0 Å². The van der Waals surface area contributed by atoms with Gasteiger partial charge in [0.25, 0.3) is 0 Å². The monoisotopic (exact) mass is 359 g/mol. The van der Waals surface area contributed by atoms with Crippen molar-refractivity contribution in [3.63, 3.8) is 0 Å². The second kappa shape index (κ2) is 7.71. The first-order chi connectivity index (χ1) is 11.7. The Hall–Kier alpha value is -1.65. The van der Waals surface area contributed by atoms with Crippen molar-refractivity contribution < 1.29 is 8.42 Å². The second-order valence-electron chi connectivity index (χ2n) is 7.05. The Labute approximate surface area is 152 Å². The highest BCUT2D eigenvalue weighted by Crippen LogP contribution is 2.25. The number of hydrogen-bond acceptors (Lipinski definition) is 2. The van der Waals surface area contributed by atoms with Crippen molar-refractivity contribution in [1.29, 1.82) is 0 Å². The number of sulfonamides is 1. The van der Waals surface area contributed by atoms with Crippen molar-refractivity contribution in [3.05, 3.63) is 64.2 Å². The van der Waals surface area contributed by atoms with Crippen LogP contribution in [0.5, 0.6) is 0 Å². The molecule has 2 unspecified atom stereocenters. The molecule has 0 spiro atoms. The van der Waals surface area contributed by atoms with Crippen LogP contribution in [0.25, 0.3) is 0 Å². The van der Waals surface area contributed by atoms with Crippen LogP contribution in [0.3, 0.4) is 0 Å². The van der Waals surface area contributed by atoms with Gasteiger partial charge in [-0.2, -0.15) is 0 Å². The van der Waals surface area contributed by atoms with E-state index < -0.39 is 10.0 Å². The van der Waals surface area contributed by atoms with Crippen LogP contribution in [0.15, 0.2) is 41.3 Å². The van der Waals surface area contributed by atoms with E-state index in [1.165, 1.54) is 5.56 Å². The molecule has 0 aliphatic heterocycles. The Morgan fingerprint density at radius 1 is 0.920 bits per heavy atom. The minimum Gasteiger partial charge on any atom is -0.207 e. The fraction of sp³-hybridized carbons (Fsp3) is 0.429. The first-order valence-corrected chi connectivity index (χ1v) is 10.3. The zero-order valence-corrected chi connectivity index (χ0v) is 16.9. The quantitative estimate of drug-likeness (QED) is 0.774. The molecule has 2 rings (SSSR count). The highest BCUT2D eigenvalue weighted by Gasteiger charge is 2.22. The van der Waals surface area contributed by atoms with Gasteiger partial charge in [0.15, 0.2) is 0 Å². The largest absolute Gasteiger partial charge is 0.241 e. The molecule has 0 aromatic heterocycles. The zero-order valence-electron chi connectivity index (χ0n) is 16.1. The van der Waals surface area contributed by atoms with Crippen LogP contribution in [0.4, 0.5) is 0 Å². The molecule has 0 saturated heterocycles. The Bertz CT molecular complexity index is 816. The van der Waals surface area contributed by atoms with Gasteiger partial charge in [-0.25, -0.2) is 13.1 Å². The van der Waals surface area contributed by atoms with Gasteiger partial charge in [-0.15, -0.1) is 0 Å². The molecule has 25 heavy (non-hydrogen) atoms. The molecule has 0 heterocycles. The van der Waals surface area contributed by atoms with E-state index in [0.717, 1.165) is 28.7 Å². The fourth-order valence-electron chi connectivity index (χ4n) is 3.30. The van der Waals surface area contributed by atoms with E-state index in [1.54, 1.807) is 0 Å². The SMILES string of the molecule is CCC(C)c1ccc(C(C)NS(=O)(=O)c2c(C)cc(C)cc2C)cc1. The van der Waals surface area contributed by atoms with Crippen LogP contribution in [-0.4, -0.2) is 8.42 Å². The third-order valence-corrected chi connectivity index (χ3v) is 6.67. The minimum atomic E-state index is -3.57. The van der Waals surface area contributed by atoms with Gasteiger partial charge in [-0.05, 0) is 62.3 Å². The molecule has 0 fully saturated rings. The van der Waals surface area contributed by atoms with Crippen LogP contribution < -0.4 is 4.72 Å². The molecule has 2 aromatic carbocycles. The average Bonchev–Trinajstić information content (AvgIpc) is 2.52. The Morgan fingerprint density at radius 2 is 1.40 bits per heavy atom. The predicted octanol–water partition coefficient (Wildman–Crippen LogP) is 5.16. The summed E-state index contributed by atoms with van der Waals surface area (Å²) in [4.78, 5) is 0.390. The Morgan fingerprint density at radius 3 is 1.88 bits per heavy atom. The number of rotatable bonds is 6. The molecule has 1 N–H and O–H groups in total. The highest BCUT2D eigenvalue weighted by atomic mass is 32.2. The van der Waals surface area contributed by atoms with Crippen LogP contribution in [0.2, 0.25) is 0 Å². The maximum absolute atomic E-state index is 12.9. The topological polar surface area (TPSA) is 46.2 Å². The first kappa shape index (κ1) is 19.7. The third kappa shape index (κ3) is 4.50. The van der Waals surface area contributed by atoms with Gasteiger partial charge in [0.05, 0.1) is 4.90 Å². The maximum Gasteiger partial charge on any atom is 0.241 e. The van der Waals surface area contributed by atoms with Gasteiger partial charge in [0.1, 0.15) is 0 Å². The van der Waals surface area contributed by atoms with Gasteiger partial charge in [-0.1, -0.05) is 55.8 Å². The molecular formula is C21H29NO2S. The van der Waals surface area contributed by atoms with E-state index in [-0.39, 0.29) is 6.04 Å². The molecule has 2 aromatic rings. The number of nitrogens with one attached hydrogen (secondary N) is 1. The summed E-state index contributed by atoms with van der Waals surface area (Å²) in [5.74, 6) is 0.513. The van der Waals surface area contributed by atoms with Gasteiger partial charge in [-0.3, -0.25) is 0 Å². The lowest BCUT2D eigenvalue weighted by molar-refractivity contribution is 0.565. The van der Waals surface area contributed by atoms with E-state index in [9.17, 15) is 8.42 Å². The molecule has 136 valence electrons. The van der Waals surface area contributed by atoms with Crippen molar-refractivity contribution in [2.75, 3.05) is 0 Å². The molecule has 4 heteroatoms. The van der Waals surface area contributed by atoms with Crippen molar-refractivity contribution in [1.82, 2.24) is 4.72 Å². The molecule has 0 aliphatic rings. The van der Waals surface area contributed by atoms with Crippen LogP contribution in [-0.2, 0) is 10.0 Å². The standard InChI is InChI=1S/C21H29NO2S/c1-7-15(3)19-8-10-20(11-9-19)18(6)22-25(23,24)21-16(4)12-14(2)13-17(21)5/h8-13,15,18,22H,7H2,1-6H3. The fourth-order valence-corrected chi connectivity index (χ4v) is 4.98. The summed E-state index contributed by atoms with van der Waals surface area (Å²) in [7, 11) is -3.57. The molecule has 3 nitrogen and oxygen atoms in total. The Kier molecular flexibility index (Phi) is 6.07. The molecule has 0 amide bonds. The van der Waals surface area contributed by atoms with Crippen molar-refractivity contribution in [3.8, 4) is 0 Å². The van der Waals surface area contributed by atoms with Crippen molar-refractivity contribution in [2.45, 2.75) is 64.8 Å². The van der Waals surface area contributed by atoms with E-state index in [0.29, 0.717) is 10.8 Å². The van der Waals surface area contributed by atoms with Crippen LogP contribution in [0.1, 0.15) is 67.0 Å². The van der Waals surface area contributed by atoms with E-state index in [4.69, 9.17) is 0 Å². The number of benzene rings is 2. The highest BCUT2D eigenvalue weighted by molar-refractivity contribution is 7.89. The van der Waals surface area contributed by atoms with Crippen molar-refractivity contribution >= 4 is 10.0 Å². The molecular weight excluding hydrogens is 330 g/mol. The summed E-state index contributed by atoms with van der Waals surface area (Å²) in [6.45, 7) is 11.9. The second-order valence-corrected chi connectivity index (χ2v) is 8.70. The maximum atomic E-state index is 12.9. The molecule has 0 radical (unpaired) electrons. The third-order valence-electron chi connectivity index (χ3n) is 4.82. The molecule has 0 bridgehead atoms. The van der Waals surface area contributed by atoms with E-state index in [1.807, 2.05) is 52.0 Å².